The van der Waals surface area contributed by atoms with Crippen molar-refractivity contribution in [2.24, 2.45) is 5.73 Å². The number of nitrogens with two attached hydrogens (primary N) is 1. The Morgan fingerprint density at radius 1 is 1.35 bits per heavy atom. The van der Waals surface area contributed by atoms with E-state index in [0.717, 1.165) is 10.0 Å². The van der Waals surface area contributed by atoms with E-state index in [1.165, 1.54) is 0 Å². The standard InChI is InChI=1S/C14H21BrF2N2O/c1-2-12(18)14(10-5-3-4-6-11(10)15)19(7-8-20)9-13(16)17/h3-6,12-14,20H,2,7-9,18H2,1H3. The third-order valence-electron chi connectivity index (χ3n) is 3.25. The number of halogens is 3. The summed E-state index contributed by atoms with van der Waals surface area (Å²) in [6.07, 6.45) is -1.80. The Labute approximate surface area is 126 Å². The van der Waals surface area contributed by atoms with Crippen molar-refractivity contribution in [3.8, 4) is 0 Å². The highest BCUT2D eigenvalue weighted by molar-refractivity contribution is 9.10. The SMILES string of the molecule is CCC(N)C(c1ccccc1Br)N(CCO)CC(F)F. The number of alkyl halides is 2. The zero-order valence-corrected chi connectivity index (χ0v) is 13.1. The average molecular weight is 351 g/mol. The predicted molar refractivity (Wildman–Crippen MR) is 79.8 cm³/mol. The second-order valence-corrected chi connectivity index (χ2v) is 5.50. The van der Waals surface area contributed by atoms with E-state index in [0.29, 0.717) is 6.42 Å². The lowest BCUT2D eigenvalue weighted by Gasteiger charge is -2.35. The molecule has 0 aliphatic carbocycles. The van der Waals surface area contributed by atoms with Gasteiger partial charge in [-0.25, -0.2) is 8.78 Å². The smallest absolute Gasteiger partial charge is 0.251 e. The van der Waals surface area contributed by atoms with Crippen molar-refractivity contribution in [3.63, 3.8) is 0 Å². The molecule has 0 aliphatic rings. The first-order chi connectivity index (χ1) is 9.51. The molecule has 0 radical (unpaired) electrons. The van der Waals surface area contributed by atoms with Gasteiger partial charge in [-0.2, -0.15) is 0 Å². The van der Waals surface area contributed by atoms with Gasteiger partial charge in [0.15, 0.2) is 0 Å². The molecule has 1 aromatic carbocycles. The lowest BCUT2D eigenvalue weighted by molar-refractivity contribution is 0.0465. The van der Waals surface area contributed by atoms with Gasteiger partial charge in [0.2, 0.25) is 0 Å². The maximum atomic E-state index is 12.8. The third-order valence-corrected chi connectivity index (χ3v) is 3.98. The molecule has 20 heavy (non-hydrogen) atoms. The maximum Gasteiger partial charge on any atom is 0.251 e. The lowest BCUT2D eigenvalue weighted by atomic mass is 9.96. The highest BCUT2D eigenvalue weighted by Gasteiger charge is 2.28. The van der Waals surface area contributed by atoms with Crippen LogP contribution in [-0.4, -0.2) is 42.2 Å². The molecular weight excluding hydrogens is 330 g/mol. The van der Waals surface area contributed by atoms with Crippen LogP contribution in [-0.2, 0) is 0 Å². The van der Waals surface area contributed by atoms with E-state index in [1.807, 2.05) is 31.2 Å². The molecule has 0 spiro atoms. The number of aliphatic hydroxyl groups is 1. The Kier molecular flexibility index (Phi) is 7.58. The van der Waals surface area contributed by atoms with E-state index in [1.54, 1.807) is 4.90 Å². The number of benzene rings is 1. The minimum absolute atomic E-state index is 0.171. The fourth-order valence-corrected chi connectivity index (χ4v) is 2.81. The van der Waals surface area contributed by atoms with Crippen LogP contribution in [0.5, 0.6) is 0 Å². The van der Waals surface area contributed by atoms with Gasteiger partial charge in [0.25, 0.3) is 6.43 Å². The first-order valence-electron chi connectivity index (χ1n) is 6.64. The van der Waals surface area contributed by atoms with Crippen molar-refractivity contribution >= 4 is 15.9 Å². The molecule has 0 heterocycles. The van der Waals surface area contributed by atoms with Gasteiger partial charge < -0.3 is 10.8 Å². The molecule has 0 bridgehead atoms. The molecule has 2 atom stereocenters. The summed E-state index contributed by atoms with van der Waals surface area (Å²) in [5.41, 5.74) is 7.01. The van der Waals surface area contributed by atoms with E-state index in [4.69, 9.17) is 10.8 Å². The van der Waals surface area contributed by atoms with Crippen LogP contribution in [0.25, 0.3) is 0 Å². The fourth-order valence-electron chi connectivity index (χ4n) is 2.29. The van der Waals surface area contributed by atoms with Crippen LogP contribution in [0.4, 0.5) is 8.78 Å². The molecule has 0 saturated carbocycles. The quantitative estimate of drug-likeness (QED) is 0.757. The Morgan fingerprint density at radius 3 is 2.50 bits per heavy atom. The van der Waals surface area contributed by atoms with Gasteiger partial charge >= 0.3 is 0 Å². The van der Waals surface area contributed by atoms with Crippen LogP contribution in [0.1, 0.15) is 24.9 Å². The molecule has 1 rings (SSSR count). The number of nitrogens with zero attached hydrogens (tertiary/aromatic N) is 1. The number of aliphatic hydroxyl groups excluding tert-OH is 1. The van der Waals surface area contributed by atoms with E-state index < -0.39 is 13.0 Å². The summed E-state index contributed by atoms with van der Waals surface area (Å²) in [5, 5.41) is 9.13. The van der Waals surface area contributed by atoms with Crippen LogP contribution < -0.4 is 5.73 Å². The summed E-state index contributed by atoms with van der Waals surface area (Å²) >= 11 is 3.45. The van der Waals surface area contributed by atoms with Gasteiger partial charge in [-0.15, -0.1) is 0 Å². The zero-order valence-electron chi connectivity index (χ0n) is 11.5. The summed E-state index contributed by atoms with van der Waals surface area (Å²) in [6, 6.07) is 6.83. The van der Waals surface area contributed by atoms with E-state index in [2.05, 4.69) is 15.9 Å². The van der Waals surface area contributed by atoms with Gasteiger partial charge in [-0.3, -0.25) is 4.90 Å². The van der Waals surface area contributed by atoms with Crippen molar-refractivity contribution < 1.29 is 13.9 Å². The lowest BCUT2D eigenvalue weighted by Crippen LogP contribution is -2.44. The molecule has 1 aromatic rings. The van der Waals surface area contributed by atoms with Crippen LogP contribution in [0.3, 0.4) is 0 Å². The predicted octanol–water partition coefficient (Wildman–Crippen LogP) is 2.79. The monoisotopic (exact) mass is 350 g/mol. The molecule has 0 aromatic heterocycles. The summed E-state index contributed by atoms with van der Waals surface area (Å²) < 4.78 is 26.4. The Bertz CT molecular complexity index is 407. The minimum atomic E-state index is -2.46. The summed E-state index contributed by atoms with van der Waals surface area (Å²) in [6.45, 7) is 1.52. The molecule has 0 aliphatic heterocycles. The van der Waals surface area contributed by atoms with Crippen LogP contribution in [0.2, 0.25) is 0 Å². The Morgan fingerprint density at radius 2 is 2.00 bits per heavy atom. The third kappa shape index (κ3) is 4.77. The highest BCUT2D eigenvalue weighted by Crippen LogP contribution is 2.31. The van der Waals surface area contributed by atoms with Crippen LogP contribution >= 0.6 is 15.9 Å². The summed E-state index contributed by atoms with van der Waals surface area (Å²) in [5.74, 6) is 0. The van der Waals surface area contributed by atoms with Gasteiger partial charge in [-0.05, 0) is 18.1 Å². The molecule has 114 valence electrons. The van der Waals surface area contributed by atoms with E-state index >= 15 is 0 Å². The average Bonchev–Trinajstić information content (AvgIpc) is 2.40. The second kappa shape index (κ2) is 8.67. The number of rotatable bonds is 8. The largest absolute Gasteiger partial charge is 0.395 e. The molecular formula is C14H21BrF2N2O. The van der Waals surface area contributed by atoms with Crippen molar-refractivity contribution in [2.75, 3.05) is 19.7 Å². The minimum Gasteiger partial charge on any atom is -0.395 e. The van der Waals surface area contributed by atoms with E-state index in [-0.39, 0.29) is 25.2 Å². The molecule has 2 unspecified atom stereocenters. The van der Waals surface area contributed by atoms with E-state index in [9.17, 15) is 8.78 Å². The molecule has 6 heteroatoms. The number of hydrogen-bond acceptors (Lipinski definition) is 3. The van der Waals surface area contributed by atoms with Crippen LogP contribution in [0.15, 0.2) is 28.7 Å². The van der Waals surface area contributed by atoms with Crippen molar-refractivity contribution in [3.05, 3.63) is 34.3 Å². The normalized spacial score (nSPS) is 14.8. The summed E-state index contributed by atoms with van der Waals surface area (Å²) in [7, 11) is 0. The van der Waals surface area contributed by atoms with Crippen molar-refractivity contribution in [1.29, 1.82) is 0 Å². The molecule has 3 N–H and O–H groups in total. The first-order valence-corrected chi connectivity index (χ1v) is 7.43. The molecule has 0 fully saturated rings. The van der Waals surface area contributed by atoms with Gasteiger partial charge in [0, 0.05) is 17.1 Å². The zero-order chi connectivity index (χ0) is 15.1. The van der Waals surface area contributed by atoms with Gasteiger partial charge in [0.05, 0.1) is 19.2 Å². The Hall–Kier alpha value is -0.560. The highest BCUT2D eigenvalue weighted by atomic mass is 79.9. The van der Waals surface area contributed by atoms with Crippen molar-refractivity contribution in [1.82, 2.24) is 4.90 Å². The number of hydrogen-bond donors (Lipinski definition) is 2. The summed E-state index contributed by atoms with van der Waals surface area (Å²) in [4.78, 5) is 1.55. The van der Waals surface area contributed by atoms with Gasteiger partial charge in [0.1, 0.15) is 0 Å². The molecule has 0 amide bonds. The molecule has 0 saturated heterocycles. The second-order valence-electron chi connectivity index (χ2n) is 4.65. The Balaban J connectivity index is 3.12. The topological polar surface area (TPSA) is 49.5 Å². The van der Waals surface area contributed by atoms with Crippen molar-refractivity contribution in [2.45, 2.75) is 31.9 Å². The van der Waals surface area contributed by atoms with Crippen LogP contribution in [0, 0.1) is 0 Å². The van der Waals surface area contributed by atoms with Gasteiger partial charge in [-0.1, -0.05) is 41.1 Å². The fraction of sp³-hybridized carbons (Fsp3) is 0.571. The first kappa shape index (κ1) is 17.5. The molecule has 3 nitrogen and oxygen atoms in total. The maximum absolute atomic E-state index is 12.8.